The largest absolute Gasteiger partial charge is 0.336 e. The van der Waals surface area contributed by atoms with Crippen LogP contribution in [0.3, 0.4) is 0 Å². The number of nitro benzene ring substituents is 1. The van der Waals surface area contributed by atoms with Gasteiger partial charge in [-0.2, -0.15) is 5.10 Å². The molecular formula is C21H19ClN4O3. The summed E-state index contributed by atoms with van der Waals surface area (Å²) in [7, 11) is 1.65. The quantitative estimate of drug-likeness (QED) is 0.466. The van der Waals surface area contributed by atoms with E-state index < -0.39 is 4.92 Å². The normalized spacial score (nSPS) is 12.6. The second kappa shape index (κ2) is 7.67. The number of benzene rings is 2. The van der Waals surface area contributed by atoms with Crippen LogP contribution in [0.4, 0.5) is 5.69 Å². The van der Waals surface area contributed by atoms with E-state index in [1.54, 1.807) is 7.05 Å². The molecule has 2 aromatic carbocycles. The molecule has 1 aliphatic carbocycles. The fourth-order valence-electron chi connectivity index (χ4n) is 3.70. The number of carbonyl (C=O) groups is 1. The average Bonchev–Trinajstić information content (AvgIpc) is 3.32. The molecular weight excluding hydrogens is 392 g/mol. The van der Waals surface area contributed by atoms with Gasteiger partial charge >= 0.3 is 0 Å². The molecule has 0 N–H and O–H groups in total. The molecule has 29 heavy (non-hydrogen) atoms. The van der Waals surface area contributed by atoms with Crippen molar-refractivity contribution >= 4 is 23.2 Å². The van der Waals surface area contributed by atoms with Gasteiger partial charge in [-0.05, 0) is 43.0 Å². The maximum absolute atomic E-state index is 13.2. The molecule has 0 unspecified atom stereocenters. The molecule has 4 rings (SSSR count). The monoisotopic (exact) mass is 410 g/mol. The highest BCUT2D eigenvalue weighted by atomic mass is 35.5. The Kier molecular flexibility index (Phi) is 5.07. The summed E-state index contributed by atoms with van der Waals surface area (Å²) in [6.45, 7) is 0.159. The van der Waals surface area contributed by atoms with Crippen molar-refractivity contribution in [2.45, 2.75) is 25.8 Å². The first-order chi connectivity index (χ1) is 14.0. The van der Waals surface area contributed by atoms with Crippen molar-refractivity contribution in [1.82, 2.24) is 14.7 Å². The fraction of sp³-hybridized carbons (Fsp3) is 0.238. The lowest BCUT2D eigenvalue weighted by Gasteiger charge is -2.17. The molecule has 1 aliphatic rings. The second-order valence-electron chi connectivity index (χ2n) is 7.07. The molecule has 0 fully saturated rings. The van der Waals surface area contributed by atoms with Crippen molar-refractivity contribution < 1.29 is 9.72 Å². The van der Waals surface area contributed by atoms with Gasteiger partial charge in [0.25, 0.3) is 11.6 Å². The Balaban J connectivity index is 1.64. The van der Waals surface area contributed by atoms with Crippen LogP contribution in [0.25, 0.3) is 5.69 Å². The smallest absolute Gasteiger partial charge is 0.274 e. The number of carbonyl (C=O) groups excluding carboxylic acids is 1. The summed E-state index contributed by atoms with van der Waals surface area (Å²) < 4.78 is 1.85. The van der Waals surface area contributed by atoms with Crippen LogP contribution in [-0.2, 0) is 19.4 Å². The molecule has 1 amide bonds. The van der Waals surface area contributed by atoms with Crippen LogP contribution in [-0.4, -0.2) is 32.6 Å². The van der Waals surface area contributed by atoms with Crippen LogP contribution >= 0.6 is 11.6 Å². The number of para-hydroxylation sites is 1. The molecule has 0 saturated carbocycles. The van der Waals surface area contributed by atoms with Crippen LogP contribution < -0.4 is 0 Å². The van der Waals surface area contributed by atoms with Crippen molar-refractivity contribution in [2.75, 3.05) is 7.05 Å². The summed E-state index contributed by atoms with van der Waals surface area (Å²) in [5.74, 6) is -0.222. The van der Waals surface area contributed by atoms with Crippen molar-refractivity contribution in [2.24, 2.45) is 0 Å². The SMILES string of the molecule is CN(Cc1cc([N+](=O)[O-])ccc1Cl)C(=O)c1nn(-c2ccccc2)c2c1CCC2. The van der Waals surface area contributed by atoms with Gasteiger partial charge in [-0.3, -0.25) is 14.9 Å². The molecule has 7 nitrogen and oxygen atoms in total. The van der Waals surface area contributed by atoms with Crippen LogP contribution in [0, 0.1) is 10.1 Å². The Morgan fingerprint density at radius 2 is 2.00 bits per heavy atom. The lowest BCUT2D eigenvalue weighted by atomic mass is 10.1. The van der Waals surface area contributed by atoms with Gasteiger partial charge in [-0.25, -0.2) is 4.68 Å². The van der Waals surface area contributed by atoms with Gasteiger partial charge < -0.3 is 4.90 Å². The number of nitro groups is 1. The summed E-state index contributed by atoms with van der Waals surface area (Å²) in [6.07, 6.45) is 2.68. The van der Waals surface area contributed by atoms with Crippen molar-refractivity contribution in [3.63, 3.8) is 0 Å². The van der Waals surface area contributed by atoms with Crippen molar-refractivity contribution in [1.29, 1.82) is 0 Å². The first kappa shape index (κ1) is 19.1. The Morgan fingerprint density at radius 3 is 2.72 bits per heavy atom. The van der Waals surface area contributed by atoms with E-state index in [9.17, 15) is 14.9 Å². The number of halogens is 1. The predicted octanol–water partition coefficient (Wildman–Crippen LogP) is 4.19. The van der Waals surface area contributed by atoms with E-state index in [0.717, 1.165) is 36.2 Å². The Morgan fingerprint density at radius 1 is 1.24 bits per heavy atom. The first-order valence-electron chi connectivity index (χ1n) is 9.30. The van der Waals surface area contributed by atoms with Crippen LogP contribution in [0.1, 0.15) is 33.7 Å². The van der Waals surface area contributed by atoms with Gasteiger partial charge in [0.2, 0.25) is 0 Å². The summed E-state index contributed by atoms with van der Waals surface area (Å²) in [5, 5.41) is 16.0. The van der Waals surface area contributed by atoms with Gasteiger partial charge in [0.05, 0.1) is 10.6 Å². The minimum Gasteiger partial charge on any atom is -0.336 e. The van der Waals surface area contributed by atoms with Crippen LogP contribution in [0.15, 0.2) is 48.5 Å². The maximum atomic E-state index is 13.2. The molecule has 1 aromatic heterocycles. The fourth-order valence-corrected chi connectivity index (χ4v) is 3.87. The number of rotatable bonds is 5. The predicted molar refractivity (Wildman–Crippen MR) is 109 cm³/mol. The molecule has 0 saturated heterocycles. The zero-order valence-electron chi connectivity index (χ0n) is 15.8. The second-order valence-corrected chi connectivity index (χ2v) is 7.48. The average molecular weight is 411 g/mol. The maximum Gasteiger partial charge on any atom is 0.274 e. The van der Waals surface area contributed by atoms with E-state index >= 15 is 0 Å². The number of nitrogens with zero attached hydrogens (tertiary/aromatic N) is 4. The molecule has 3 aromatic rings. The number of fused-ring (bicyclic) bond motifs is 1. The third-order valence-corrected chi connectivity index (χ3v) is 5.50. The summed E-state index contributed by atoms with van der Waals surface area (Å²) in [5.41, 5.74) is 3.88. The van der Waals surface area contributed by atoms with Gasteiger partial charge in [0, 0.05) is 42.0 Å². The van der Waals surface area contributed by atoms with E-state index in [0.29, 0.717) is 16.3 Å². The molecule has 0 spiro atoms. The van der Waals surface area contributed by atoms with E-state index in [4.69, 9.17) is 11.6 Å². The molecule has 0 atom stereocenters. The van der Waals surface area contributed by atoms with E-state index in [-0.39, 0.29) is 18.1 Å². The van der Waals surface area contributed by atoms with Crippen molar-refractivity contribution in [3.05, 3.63) is 86.2 Å². The van der Waals surface area contributed by atoms with Gasteiger partial charge in [-0.15, -0.1) is 0 Å². The number of hydrogen-bond donors (Lipinski definition) is 0. The molecule has 0 radical (unpaired) electrons. The highest BCUT2D eigenvalue weighted by Crippen LogP contribution is 2.29. The molecule has 0 aliphatic heterocycles. The minimum atomic E-state index is -0.476. The topological polar surface area (TPSA) is 81.3 Å². The minimum absolute atomic E-state index is 0.0560. The zero-order chi connectivity index (χ0) is 20.5. The third-order valence-electron chi connectivity index (χ3n) is 5.13. The zero-order valence-corrected chi connectivity index (χ0v) is 16.6. The molecule has 1 heterocycles. The third kappa shape index (κ3) is 3.61. The number of hydrogen-bond acceptors (Lipinski definition) is 4. The Bertz CT molecular complexity index is 1090. The Hall–Kier alpha value is -3.19. The summed E-state index contributed by atoms with van der Waals surface area (Å²) in [4.78, 5) is 25.2. The van der Waals surface area contributed by atoms with Crippen molar-refractivity contribution in [3.8, 4) is 5.69 Å². The standard InChI is InChI=1S/C21H19ClN4O3/c1-24(13-14-12-16(26(28)29)10-11-18(14)22)21(27)20-17-8-5-9-19(17)25(23-20)15-6-3-2-4-7-15/h2-4,6-7,10-12H,5,8-9,13H2,1H3. The highest BCUT2D eigenvalue weighted by Gasteiger charge is 2.28. The number of amides is 1. The van der Waals surface area contributed by atoms with Crippen LogP contribution in [0.2, 0.25) is 5.02 Å². The van der Waals surface area contributed by atoms with Gasteiger partial charge in [0.1, 0.15) is 0 Å². The molecule has 8 heteroatoms. The van der Waals surface area contributed by atoms with Gasteiger partial charge in [0.15, 0.2) is 5.69 Å². The number of aromatic nitrogens is 2. The molecule has 148 valence electrons. The van der Waals surface area contributed by atoms with Gasteiger partial charge in [-0.1, -0.05) is 29.8 Å². The highest BCUT2D eigenvalue weighted by molar-refractivity contribution is 6.31. The number of non-ortho nitro benzene ring substituents is 1. The first-order valence-corrected chi connectivity index (χ1v) is 9.68. The lowest BCUT2D eigenvalue weighted by molar-refractivity contribution is -0.384. The van der Waals surface area contributed by atoms with Crippen LogP contribution in [0.5, 0.6) is 0 Å². The lowest BCUT2D eigenvalue weighted by Crippen LogP contribution is -2.27. The molecule has 0 bridgehead atoms. The van der Waals surface area contributed by atoms with E-state index in [2.05, 4.69) is 5.10 Å². The van der Waals surface area contributed by atoms with E-state index in [1.807, 2.05) is 35.0 Å². The van der Waals surface area contributed by atoms with E-state index in [1.165, 1.54) is 23.1 Å². The summed E-state index contributed by atoms with van der Waals surface area (Å²) >= 11 is 6.19. The summed E-state index contributed by atoms with van der Waals surface area (Å²) in [6, 6.07) is 14.0. The Labute approximate surface area is 172 Å².